The molecule has 0 aliphatic carbocycles. The first-order valence-corrected chi connectivity index (χ1v) is 14.6. The Balaban J connectivity index is 1.73. The van der Waals surface area contributed by atoms with Crippen molar-refractivity contribution in [2.24, 2.45) is 17.6 Å². The molecule has 3 aliphatic heterocycles. The van der Waals surface area contributed by atoms with Gasteiger partial charge in [-0.2, -0.15) is 17.0 Å². The van der Waals surface area contributed by atoms with Crippen molar-refractivity contribution in [3.05, 3.63) is 0 Å². The number of hydrogen-bond donors (Lipinski definition) is 5. The molecule has 15 heteroatoms. The van der Waals surface area contributed by atoms with Gasteiger partial charge in [-0.25, -0.2) is 8.42 Å². The fraction of sp³-hybridized carbons (Fsp3) is 0.944. The van der Waals surface area contributed by atoms with Crippen LogP contribution in [0.4, 0.5) is 0 Å². The Morgan fingerprint density at radius 1 is 1.27 bits per heavy atom. The van der Waals surface area contributed by atoms with Crippen molar-refractivity contribution in [3.63, 3.8) is 0 Å². The summed E-state index contributed by atoms with van der Waals surface area (Å²) in [5, 5.41) is 30.9. The fourth-order valence-electron chi connectivity index (χ4n) is 4.97. The minimum Gasteiger partial charge on any atom is -0.480 e. The van der Waals surface area contributed by atoms with E-state index in [4.69, 9.17) is 15.8 Å². The van der Waals surface area contributed by atoms with Crippen molar-refractivity contribution < 1.29 is 36.8 Å². The van der Waals surface area contributed by atoms with E-state index in [2.05, 4.69) is 5.32 Å². The molecule has 0 radical (unpaired) electrons. The lowest BCUT2D eigenvalue weighted by molar-refractivity contribution is -0.144. The molecule has 3 rings (SSSR count). The number of carboxylic acid groups (broad SMARTS) is 1. The van der Waals surface area contributed by atoms with Crippen molar-refractivity contribution in [3.8, 4) is 0 Å². The monoisotopic (exact) mass is 510 g/mol. The molecule has 3 fully saturated rings. The molecule has 0 amide bonds. The van der Waals surface area contributed by atoms with E-state index in [1.165, 1.54) is 4.31 Å². The molecule has 3 atom stereocenters. The van der Waals surface area contributed by atoms with Crippen molar-refractivity contribution in [1.29, 1.82) is 0 Å². The molecule has 0 aromatic heterocycles. The van der Waals surface area contributed by atoms with Gasteiger partial charge in [0.15, 0.2) is 9.84 Å². The lowest BCUT2D eigenvalue weighted by Crippen LogP contribution is -2.62. The number of hydrogen-bond acceptors (Lipinski definition) is 9. The van der Waals surface area contributed by atoms with Crippen LogP contribution in [0, 0.1) is 11.8 Å². The third kappa shape index (κ3) is 6.26. The zero-order valence-corrected chi connectivity index (χ0v) is 20.3. The molecular weight excluding hydrogens is 475 g/mol. The topological polar surface area (TPSA) is 191 Å². The van der Waals surface area contributed by atoms with Crippen LogP contribution in [0.15, 0.2) is 0 Å². The van der Waals surface area contributed by atoms with Crippen molar-refractivity contribution in [2.75, 3.05) is 44.2 Å². The summed E-state index contributed by atoms with van der Waals surface area (Å²) < 4.78 is 53.6. The Morgan fingerprint density at radius 3 is 2.52 bits per heavy atom. The van der Waals surface area contributed by atoms with Crippen LogP contribution in [-0.4, -0.2) is 109 Å². The second-order valence-corrected chi connectivity index (χ2v) is 13.7. The highest BCUT2D eigenvalue weighted by atomic mass is 32.2. The van der Waals surface area contributed by atoms with Crippen LogP contribution < -0.4 is 11.1 Å². The highest BCUT2D eigenvalue weighted by Gasteiger charge is 2.54. The third-order valence-electron chi connectivity index (χ3n) is 7.11. The van der Waals surface area contributed by atoms with Gasteiger partial charge in [-0.1, -0.05) is 6.42 Å². The molecule has 3 heterocycles. The number of carbonyl (C=O) groups is 1. The number of rotatable bonds is 11. The molecule has 3 saturated heterocycles. The predicted molar refractivity (Wildman–Crippen MR) is 122 cm³/mol. The van der Waals surface area contributed by atoms with Crippen molar-refractivity contribution >= 4 is 33.1 Å². The van der Waals surface area contributed by atoms with E-state index in [1.54, 1.807) is 0 Å². The number of aliphatic carboxylic acids is 1. The molecule has 12 nitrogen and oxygen atoms in total. The largest absolute Gasteiger partial charge is 0.480 e. The number of sulfone groups is 1. The number of nitrogens with one attached hydrogen (secondary N) is 1. The second-order valence-electron chi connectivity index (χ2n) is 9.59. The van der Waals surface area contributed by atoms with E-state index < -0.39 is 44.6 Å². The summed E-state index contributed by atoms with van der Waals surface area (Å²) in [5.41, 5.74) is 4.40. The second kappa shape index (κ2) is 10.4. The first-order valence-electron chi connectivity index (χ1n) is 11.4. The van der Waals surface area contributed by atoms with Gasteiger partial charge < -0.3 is 26.2 Å². The number of carboxylic acids is 1. The Bertz CT molecular complexity index is 914. The first-order chi connectivity index (χ1) is 15.3. The maximum atomic E-state index is 13.6. The van der Waals surface area contributed by atoms with Crippen LogP contribution in [0.2, 0.25) is 6.32 Å². The van der Waals surface area contributed by atoms with Gasteiger partial charge in [0, 0.05) is 38.6 Å². The summed E-state index contributed by atoms with van der Waals surface area (Å²) in [6.45, 7) is 0.672. The average Bonchev–Trinajstić information content (AvgIpc) is 3.01. The molecule has 0 spiro atoms. The number of nitrogens with two attached hydrogens (primary N) is 1. The van der Waals surface area contributed by atoms with E-state index in [1.807, 2.05) is 0 Å². The minimum absolute atomic E-state index is 0.0448. The van der Waals surface area contributed by atoms with Gasteiger partial charge in [0.05, 0.1) is 17.5 Å². The normalized spacial score (nSPS) is 30.9. The third-order valence-corrected chi connectivity index (χ3v) is 11.0. The van der Waals surface area contributed by atoms with Crippen molar-refractivity contribution in [1.82, 2.24) is 13.9 Å². The number of nitrogens with zero attached hydrogens (tertiary/aromatic N) is 2. The van der Waals surface area contributed by atoms with Gasteiger partial charge in [-0.15, -0.1) is 0 Å². The lowest BCUT2D eigenvalue weighted by Gasteiger charge is -2.40. The van der Waals surface area contributed by atoms with Crippen LogP contribution in [0.3, 0.4) is 0 Å². The molecule has 0 bridgehead atoms. The van der Waals surface area contributed by atoms with Crippen LogP contribution in [0.25, 0.3) is 0 Å². The Hall–Kier alpha value is -0.805. The van der Waals surface area contributed by atoms with Gasteiger partial charge >= 0.3 is 13.1 Å². The molecule has 0 aromatic carbocycles. The fourth-order valence-corrected chi connectivity index (χ4v) is 8.70. The van der Waals surface area contributed by atoms with Crippen LogP contribution >= 0.6 is 0 Å². The van der Waals surface area contributed by atoms with Gasteiger partial charge in [-0.05, 0) is 37.9 Å². The van der Waals surface area contributed by atoms with E-state index in [-0.39, 0.29) is 55.8 Å². The molecule has 190 valence electrons. The highest BCUT2D eigenvalue weighted by Crippen LogP contribution is 2.34. The van der Waals surface area contributed by atoms with E-state index in [0.717, 1.165) is 10.7 Å². The summed E-state index contributed by atoms with van der Waals surface area (Å²) in [5.74, 6) is -1.82. The predicted octanol–water partition coefficient (Wildman–Crippen LogP) is -2.31. The van der Waals surface area contributed by atoms with E-state index >= 15 is 0 Å². The summed E-state index contributed by atoms with van der Waals surface area (Å²) >= 11 is 0. The molecular formula is C18H35BN4O8S2. The van der Waals surface area contributed by atoms with Crippen LogP contribution in [0.1, 0.15) is 32.1 Å². The van der Waals surface area contributed by atoms with Gasteiger partial charge in [-0.3, -0.25) is 4.79 Å². The first kappa shape index (κ1) is 26.8. The SMILES string of the molecule is N[C@@]1(C(=O)O)CN(S(=O)(=O)N(CCC2CCCS(=O)(=O)C2)C2CNC2)C[C@@H]1CCCB(O)O. The molecule has 0 aromatic rings. The van der Waals surface area contributed by atoms with E-state index in [9.17, 15) is 26.7 Å². The molecule has 33 heavy (non-hydrogen) atoms. The smallest absolute Gasteiger partial charge is 0.451 e. The molecule has 1 unspecified atom stereocenters. The molecule has 0 saturated carbocycles. The Labute approximate surface area is 195 Å². The lowest BCUT2D eigenvalue weighted by atomic mass is 9.78. The summed E-state index contributed by atoms with van der Waals surface area (Å²) in [6, 6.07) is -0.282. The van der Waals surface area contributed by atoms with Gasteiger partial charge in [0.25, 0.3) is 10.2 Å². The van der Waals surface area contributed by atoms with Crippen LogP contribution in [0.5, 0.6) is 0 Å². The van der Waals surface area contributed by atoms with Crippen molar-refractivity contribution in [2.45, 2.75) is 50.0 Å². The average molecular weight is 510 g/mol. The molecule has 6 N–H and O–H groups in total. The Kier molecular flexibility index (Phi) is 8.48. The Morgan fingerprint density at radius 2 is 1.97 bits per heavy atom. The summed E-state index contributed by atoms with van der Waals surface area (Å²) in [4.78, 5) is 11.9. The minimum atomic E-state index is -4.03. The van der Waals surface area contributed by atoms with E-state index in [0.29, 0.717) is 32.4 Å². The van der Waals surface area contributed by atoms with Gasteiger partial charge in [0.2, 0.25) is 0 Å². The highest BCUT2D eigenvalue weighted by molar-refractivity contribution is 7.91. The summed E-state index contributed by atoms with van der Waals surface area (Å²) in [7, 11) is -8.65. The molecule has 3 aliphatic rings. The quantitative estimate of drug-likeness (QED) is 0.189. The zero-order valence-electron chi connectivity index (χ0n) is 18.7. The maximum absolute atomic E-state index is 13.6. The van der Waals surface area contributed by atoms with Gasteiger partial charge in [0.1, 0.15) is 5.54 Å². The zero-order chi connectivity index (χ0) is 24.4. The maximum Gasteiger partial charge on any atom is 0.451 e. The van der Waals surface area contributed by atoms with Crippen LogP contribution in [-0.2, 0) is 24.8 Å². The summed E-state index contributed by atoms with van der Waals surface area (Å²) in [6.07, 6.45) is 2.33. The standard InChI is InChI=1S/C18H35BN4O8S2/c20-18(17(24)25)13-22(11-15(18)4-1-6-19(26)27)33(30,31)23(16-9-21-10-16)7-5-14-3-2-8-32(28,29)12-14/h14-16,21,26-27H,1-13,20H2,(H,24,25)/t14?,15-,18-/m0/s1.